The molecule has 8 aliphatic rings. The van der Waals surface area contributed by atoms with Gasteiger partial charge in [-0.2, -0.15) is 0 Å². The van der Waals surface area contributed by atoms with Crippen LogP contribution in [0.3, 0.4) is 0 Å². The molecule has 0 spiro atoms. The van der Waals surface area contributed by atoms with Crippen LogP contribution in [0.1, 0.15) is 113 Å². The van der Waals surface area contributed by atoms with Crippen molar-refractivity contribution in [2.24, 2.45) is 50.2 Å². The molecule has 7 fully saturated rings. The minimum absolute atomic E-state index is 0.0249. The molecular weight excluding hydrogens is 792 g/mol. The number of aliphatic hydroxyl groups is 9. The third-order valence-corrected chi connectivity index (χ3v) is 18.7. The van der Waals surface area contributed by atoms with Crippen molar-refractivity contribution in [2.45, 2.75) is 205 Å². The molecule has 4 saturated carbocycles. The fourth-order valence-electron chi connectivity index (χ4n) is 14.5. The summed E-state index contributed by atoms with van der Waals surface area (Å²) in [6, 6.07) is 0. The maximum Gasteiger partial charge on any atom is 0.187 e. The zero-order valence-electron chi connectivity index (χ0n) is 37.4. The van der Waals surface area contributed by atoms with Crippen LogP contribution in [0.15, 0.2) is 11.6 Å². The maximum absolute atomic E-state index is 12.1. The van der Waals surface area contributed by atoms with Crippen molar-refractivity contribution in [3.8, 4) is 0 Å². The monoisotopic (exact) mass is 869 g/mol. The first-order chi connectivity index (χ1) is 28.4. The van der Waals surface area contributed by atoms with Crippen LogP contribution in [-0.4, -0.2) is 158 Å². The molecule has 0 amide bonds. The summed E-state index contributed by atoms with van der Waals surface area (Å²) in [5.41, 5.74) is 1.09. The normalized spacial score (nSPS) is 55.6. The van der Waals surface area contributed by atoms with Gasteiger partial charge in [-0.25, -0.2) is 0 Å². The van der Waals surface area contributed by atoms with Crippen molar-refractivity contribution in [3.63, 3.8) is 0 Å². The average molecular weight is 869 g/mol. The number of rotatable bonds is 7. The first-order valence-electron chi connectivity index (χ1n) is 23.0. The average Bonchev–Trinajstić information content (AvgIpc) is 3.19. The van der Waals surface area contributed by atoms with Gasteiger partial charge in [0.05, 0.1) is 32.0 Å². The standard InChI is InChI=1S/C46H76O15/c1-41(2)15-16-43(5)23(17-41)22-9-10-28-44(6)13-12-30(42(3,4)27(44)11-14-45(28,7)46(22,8)18-29(43)50)59-40-37(61-39-35(55)33(53)32(52)26(19-47)58-39)36(25(49)21-57-40)60-38-34(54)31(51)24(48)20-56-38/h9,23-40,47-55H,10-21H2,1-8H3/t23-,24-,25+,26+,27-,28+,29-,30-,31-,32+,33-,34+,35+,36-,37+,38-,39-,40-,43-,44-,45+,46+/m0/s1. The van der Waals surface area contributed by atoms with Crippen LogP contribution in [0.4, 0.5) is 0 Å². The molecule has 0 unspecified atom stereocenters. The quantitative estimate of drug-likeness (QED) is 0.131. The van der Waals surface area contributed by atoms with Gasteiger partial charge in [0, 0.05) is 5.41 Å². The van der Waals surface area contributed by atoms with Gasteiger partial charge in [-0.05, 0) is 103 Å². The first kappa shape index (κ1) is 46.7. The molecule has 61 heavy (non-hydrogen) atoms. The summed E-state index contributed by atoms with van der Waals surface area (Å²) < 4.78 is 36.8. The Morgan fingerprint density at radius 1 is 0.623 bits per heavy atom. The molecule has 0 aromatic carbocycles. The zero-order chi connectivity index (χ0) is 44.4. The van der Waals surface area contributed by atoms with Crippen LogP contribution in [-0.2, 0) is 28.4 Å². The molecule has 0 aromatic rings. The number of aliphatic hydroxyl groups excluding tert-OH is 9. The number of fused-ring (bicyclic) bond motifs is 7. The lowest BCUT2D eigenvalue weighted by Gasteiger charge is -2.72. The van der Waals surface area contributed by atoms with E-state index in [9.17, 15) is 46.0 Å². The molecule has 15 heteroatoms. The highest BCUT2D eigenvalue weighted by Crippen LogP contribution is 2.76. The molecule has 3 saturated heterocycles. The first-order valence-corrected chi connectivity index (χ1v) is 23.0. The second-order valence-corrected chi connectivity index (χ2v) is 22.8. The molecule has 0 radical (unpaired) electrons. The summed E-state index contributed by atoms with van der Waals surface area (Å²) in [5.74, 6) is 0.976. The summed E-state index contributed by atoms with van der Waals surface area (Å²) in [5, 5.41) is 96.8. The van der Waals surface area contributed by atoms with Gasteiger partial charge in [0.2, 0.25) is 0 Å². The van der Waals surface area contributed by atoms with Crippen molar-refractivity contribution in [1.82, 2.24) is 0 Å². The van der Waals surface area contributed by atoms with E-state index in [2.05, 4.69) is 61.5 Å². The highest BCUT2D eigenvalue weighted by molar-refractivity contribution is 5.34. The topological polar surface area (TPSA) is 237 Å². The maximum atomic E-state index is 12.1. The lowest BCUT2D eigenvalue weighted by Crippen LogP contribution is -2.67. The van der Waals surface area contributed by atoms with Gasteiger partial charge in [-0.15, -0.1) is 0 Å². The van der Waals surface area contributed by atoms with E-state index in [0.29, 0.717) is 18.3 Å². The smallest absolute Gasteiger partial charge is 0.187 e. The molecule has 0 aromatic heterocycles. The molecule has 0 bridgehead atoms. The molecule has 22 atom stereocenters. The van der Waals surface area contributed by atoms with Gasteiger partial charge in [0.15, 0.2) is 18.9 Å². The van der Waals surface area contributed by atoms with Gasteiger partial charge < -0.3 is 74.4 Å². The lowest BCUT2D eigenvalue weighted by atomic mass is 9.33. The van der Waals surface area contributed by atoms with E-state index in [-0.39, 0.29) is 58.4 Å². The Morgan fingerprint density at radius 3 is 1.98 bits per heavy atom. The highest BCUT2D eigenvalue weighted by Gasteiger charge is 2.69. The fraction of sp³-hybridized carbons (Fsp3) is 0.957. The Hall–Kier alpha value is -0.860. The van der Waals surface area contributed by atoms with E-state index in [1.165, 1.54) is 0 Å². The van der Waals surface area contributed by atoms with Gasteiger partial charge in [0.1, 0.15) is 61.0 Å². The summed E-state index contributed by atoms with van der Waals surface area (Å²) in [7, 11) is 0. The minimum atomic E-state index is -1.79. The predicted octanol–water partition coefficient (Wildman–Crippen LogP) is 1.89. The summed E-state index contributed by atoms with van der Waals surface area (Å²) in [4.78, 5) is 0. The van der Waals surface area contributed by atoms with Crippen molar-refractivity contribution >= 4 is 0 Å². The van der Waals surface area contributed by atoms with Crippen molar-refractivity contribution in [1.29, 1.82) is 0 Å². The van der Waals surface area contributed by atoms with E-state index < -0.39 is 91.9 Å². The van der Waals surface area contributed by atoms with E-state index >= 15 is 0 Å². The van der Waals surface area contributed by atoms with E-state index in [1.54, 1.807) is 5.57 Å². The second-order valence-electron chi connectivity index (χ2n) is 22.8. The van der Waals surface area contributed by atoms with Crippen LogP contribution in [0.25, 0.3) is 0 Å². The fourth-order valence-corrected chi connectivity index (χ4v) is 14.5. The molecule has 9 N–H and O–H groups in total. The molecule has 8 rings (SSSR count). The molecule has 3 heterocycles. The molecule has 350 valence electrons. The van der Waals surface area contributed by atoms with Gasteiger partial charge >= 0.3 is 0 Å². The molecule has 15 nitrogen and oxygen atoms in total. The number of ether oxygens (including phenoxy) is 6. The summed E-state index contributed by atoms with van der Waals surface area (Å²) in [6.07, 6.45) is -9.22. The summed E-state index contributed by atoms with van der Waals surface area (Å²) >= 11 is 0. The van der Waals surface area contributed by atoms with E-state index in [1.807, 2.05) is 0 Å². The van der Waals surface area contributed by atoms with E-state index in [4.69, 9.17) is 28.4 Å². The Kier molecular flexibility index (Phi) is 12.4. The predicted molar refractivity (Wildman–Crippen MR) is 218 cm³/mol. The van der Waals surface area contributed by atoms with Crippen LogP contribution >= 0.6 is 0 Å². The van der Waals surface area contributed by atoms with Crippen LogP contribution in [0.2, 0.25) is 0 Å². The summed E-state index contributed by atoms with van der Waals surface area (Å²) in [6.45, 7) is 17.7. The minimum Gasteiger partial charge on any atom is -0.394 e. The van der Waals surface area contributed by atoms with E-state index in [0.717, 1.165) is 51.4 Å². The Bertz CT molecular complexity index is 1620. The lowest BCUT2D eigenvalue weighted by molar-refractivity contribution is -0.385. The van der Waals surface area contributed by atoms with Gasteiger partial charge in [-0.1, -0.05) is 67.0 Å². The van der Waals surface area contributed by atoms with Crippen molar-refractivity contribution < 1.29 is 74.4 Å². The van der Waals surface area contributed by atoms with Crippen molar-refractivity contribution in [2.75, 3.05) is 19.8 Å². The molecular formula is C46H76O15. The van der Waals surface area contributed by atoms with Crippen molar-refractivity contribution in [3.05, 3.63) is 11.6 Å². The Balaban J connectivity index is 1.06. The third-order valence-electron chi connectivity index (χ3n) is 18.7. The van der Waals surface area contributed by atoms with Crippen LogP contribution in [0.5, 0.6) is 0 Å². The van der Waals surface area contributed by atoms with Gasteiger partial charge in [-0.3, -0.25) is 0 Å². The number of allylic oxidation sites excluding steroid dienone is 2. The molecule has 5 aliphatic carbocycles. The highest BCUT2D eigenvalue weighted by atomic mass is 16.8. The Labute approximate surface area is 360 Å². The largest absolute Gasteiger partial charge is 0.394 e. The zero-order valence-corrected chi connectivity index (χ0v) is 37.4. The van der Waals surface area contributed by atoms with Crippen LogP contribution in [0, 0.1) is 50.2 Å². The third kappa shape index (κ3) is 7.34. The van der Waals surface area contributed by atoms with Gasteiger partial charge in [0.25, 0.3) is 0 Å². The number of hydrogen-bond donors (Lipinski definition) is 9. The van der Waals surface area contributed by atoms with Crippen LogP contribution < -0.4 is 0 Å². The SMILES string of the molecule is CC1(C)CC[C@]2(C)[C@@H](O)C[C@]3(C)C(=CC[C@@H]4[C@@]5(C)CC[C@H](O[C@@H]6OC[C@@H](O)[C@H](O[C@@H]7OC[C@H](O)[C@H](O)[C@H]7O)[C@H]6O[C@@H]6O[C@H](CO)[C@@H](O)[C@H](O)[C@H]6O)C(C)(C)[C@@H]5CC[C@]43C)[C@@H]2C1. The Morgan fingerprint density at radius 2 is 1.28 bits per heavy atom. The second kappa shape index (κ2) is 16.2. The number of hydrogen-bond acceptors (Lipinski definition) is 15. The molecule has 3 aliphatic heterocycles.